The molecule has 0 radical (unpaired) electrons. The number of imidazole rings is 1. The van der Waals surface area contributed by atoms with Crippen LogP contribution in [0.15, 0.2) is 41.7 Å². The second kappa shape index (κ2) is 6.00. The number of H-pyrrole nitrogens is 1. The zero-order valence-electron chi connectivity index (χ0n) is 12.4. The molecule has 0 aliphatic carbocycles. The predicted molar refractivity (Wildman–Crippen MR) is 95.6 cm³/mol. The number of hydrogen-bond donors (Lipinski definition) is 1. The highest BCUT2D eigenvalue weighted by Gasteiger charge is 2.12. The van der Waals surface area contributed by atoms with Gasteiger partial charge in [-0.1, -0.05) is 0 Å². The summed E-state index contributed by atoms with van der Waals surface area (Å²) in [5.41, 5.74) is 3.22. The van der Waals surface area contributed by atoms with Crippen molar-refractivity contribution in [2.75, 3.05) is 6.26 Å². The van der Waals surface area contributed by atoms with Gasteiger partial charge in [0.2, 0.25) is 0 Å². The molecular formula is C15H13IN4O2S. The quantitative estimate of drug-likeness (QED) is 0.633. The summed E-state index contributed by atoms with van der Waals surface area (Å²) >= 11 is 2.16. The Morgan fingerprint density at radius 1 is 1.17 bits per heavy atom. The number of nitrogens with zero attached hydrogens (tertiary/aromatic N) is 3. The largest absolute Gasteiger partial charge is 0.340 e. The van der Waals surface area contributed by atoms with E-state index in [-0.39, 0.29) is 4.90 Å². The number of aromatic amines is 1. The molecule has 0 fully saturated rings. The zero-order valence-corrected chi connectivity index (χ0v) is 15.4. The first-order valence-corrected chi connectivity index (χ1v) is 9.65. The third kappa shape index (κ3) is 3.42. The maximum atomic E-state index is 11.7. The van der Waals surface area contributed by atoms with Crippen LogP contribution in [0.2, 0.25) is 0 Å². The number of nitrogens with one attached hydrogen (secondary N) is 1. The Kier molecular flexibility index (Phi) is 4.19. The highest BCUT2D eigenvalue weighted by Crippen LogP contribution is 2.25. The average Bonchev–Trinajstić information content (AvgIpc) is 2.86. The summed E-state index contributed by atoms with van der Waals surface area (Å²) in [6, 6.07) is 5.28. The minimum atomic E-state index is -3.30. The van der Waals surface area contributed by atoms with Crippen molar-refractivity contribution in [3.8, 4) is 22.6 Å². The fraction of sp³-hybridized carbons (Fsp3) is 0.133. The van der Waals surface area contributed by atoms with Crippen molar-refractivity contribution < 1.29 is 8.42 Å². The smallest absolute Gasteiger partial charge is 0.177 e. The van der Waals surface area contributed by atoms with Gasteiger partial charge in [0.15, 0.2) is 15.7 Å². The van der Waals surface area contributed by atoms with Crippen LogP contribution >= 0.6 is 22.6 Å². The van der Waals surface area contributed by atoms with Crippen LogP contribution in [0.4, 0.5) is 0 Å². The second-order valence-corrected chi connectivity index (χ2v) is 8.15. The van der Waals surface area contributed by atoms with E-state index in [9.17, 15) is 8.42 Å². The van der Waals surface area contributed by atoms with Crippen molar-refractivity contribution in [2.24, 2.45) is 0 Å². The molecule has 6 nitrogen and oxygen atoms in total. The van der Waals surface area contributed by atoms with E-state index in [1.54, 1.807) is 18.5 Å². The first kappa shape index (κ1) is 16.1. The molecule has 3 heterocycles. The fourth-order valence-electron chi connectivity index (χ4n) is 2.08. The lowest BCUT2D eigenvalue weighted by Crippen LogP contribution is -1.98. The minimum Gasteiger partial charge on any atom is -0.340 e. The molecule has 3 aromatic rings. The number of aromatic nitrogens is 4. The lowest BCUT2D eigenvalue weighted by atomic mass is 10.1. The number of hydrogen-bond acceptors (Lipinski definition) is 5. The van der Waals surface area contributed by atoms with Crippen LogP contribution in [0.1, 0.15) is 5.69 Å². The topological polar surface area (TPSA) is 88.6 Å². The van der Waals surface area contributed by atoms with Gasteiger partial charge in [-0.3, -0.25) is 9.97 Å². The van der Waals surface area contributed by atoms with E-state index >= 15 is 0 Å². The summed E-state index contributed by atoms with van der Waals surface area (Å²) in [5.74, 6) is 0.681. The third-order valence-electron chi connectivity index (χ3n) is 3.30. The van der Waals surface area contributed by atoms with Gasteiger partial charge in [-0.05, 0) is 53.3 Å². The van der Waals surface area contributed by atoms with Crippen LogP contribution in [0.25, 0.3) is 22.6 Å². The van der Waals surface area contributed by atoms with Crippen molar-refractivity contribution >= 4 is 32.4 Å². The van der Waals surface area contributed by atoms with E-state index in [2.05, 4.69) is 42.5 Å². The van der Waals surface area contributed by atoms with E-state index in [1.165, 1.54) is 12.5 Å². The van der Waals surface area contributed by atoms with Crippen molar-refractivity contribution in [3.63, 3.8) is 0 Å². The molecule has 0 unspecified atom stereocenters. The fourth-order valence-corrected chi connectivity index (χ4v) is 3.05. The van der Waals surface area contributed by atoms with Crippen LogP contribution in [0, 0.1) is 10.6 Å². The Bertz CT molecular complexity index is 963. The van der Waals surface area contributed by atoms with Crippen LogP contribution < -0.4 is 0 Å². The lowest BCUT2D eigenvalue weighted by Gasteiger charge is -2.05. The summed E-state index contributed by atoms with van der Waals surface area (Å²) in [6.07, 6.45) is 5.81. The van der Waals surface area contributed by atoms with E-state index in [4.69, 9.17) is 0 Å². The van der Waals surface area contributed by atoms with Crippen molar-refractivity contribution in [3.05, 3.63) is 46.2 Å². The predicted octanol–water partition coefficient (Wildman–Crippen LogP) is 2.85. The molecule has 0 bridgehead atoms. The normalized spacial score (nSPS) is 11.6. The molecule has 0 saturated heterocycles. The molecule has 0 spiro atoms. The maximum absolute atomic E-state index is 11.7. The molecule has 0 aliphatic rings. The summed E-state index contributed by atoms with van der Waals surface area (Å²) in [5, 5.41) is 0. The van der Waals surface area contributed by atoms with Crippen molar-refractivity contribution in [1.29, 1.82) is 0 Å². The molecule has 1 N–H and O–H groups in total. The Labute approximate surface area is 147 Å². The molecule has 8 heteroatoms. The van der Waals surface area contributed by atoms with Crippen molar-refractivity contribution in [2.45, 2.75) is 11.8 Å². The Hall–Kier alpha value is -1.81. The Morgan fingerprint density at radius 3 is 2.61 bits per heavy atom. The number of sulfone groups is 1. The molecule has 0 aliphatic heterocycles. The van der Waals surface area contributed by atoms with Gasteiger partial charge in [0.05, 0.1) is 4.90 Å². The van der Waals surface area contributed by atoms with Crippen LogP contribution in [-0.4, -0.2) is 34.6 Å². The van der Waals surface area contributed by atoms with Gasteiger partial charge < -0.3 is 4.98 Å². The second-order valence-electron chi connectivity index (χ2n) is 5.11. The van der Waals surface area contributed by atoms with Crippen LogP contribution in [0.3, 0.4) is 0 Å². The molecule has 23 heavy (non-hydrogen) atoms. The van der Waals surface area contributed by atoms with Gasteiger partial charge in [-0.25, -0.2) is 13.4 Å². The molecule has 0 amide bonds. The summed E-state index contributed by atoms with van der Waals surface area (Å²) in [4.78, 5) is 16.2. The van der Waals surface area contributed by atoms with Gasteiger partial charge >= 0.3 is 0 Å². The van der Waals surface area contributed by atoms with Crippen LogP contribution in [0.5, 0.6) is 0 Å². The molecule has 3 rings (SSSR count). The van der Waals surface area contributed by atoms with Gasteiger partial charge in [0.25, 0.3) is 0 Å². The standard InChI is InChI=1S/C15H13IN4O2S/c1-9-14(16)20-15(19-9)13-6-10(3-4-18-13)11-5-12(8-17-7-11)23(2,21)22/h3-8H,1-2H3,(H,19,20). The average molecular weight is 440 g/mol. The molecular weight excluding hydrogens is 427 g/mol. The Morgan fingerprint density at radius 2 is 1.96 bits per heavy atom. The number of pyridine rings is 2. The minimum absolute atomic E-state index is 0.191. The third-order valence-corrected chi connectivity index (χ3v) is 5.43. The van der Waals surface area contributed by atoms with Crippen molar-refractivity contribution in [1.82, 2.24) is 19.9 Å². The van der Waals surface area contributed by atoms with Crippen LogP contribution in [-0.2, 0) is 9.84 Å². The van der Waals surface area contributed by atoms with Gasteiger partial charge in [-0.15, -0.1) is 0 Å². The number of aryl methyl sites for hydroxylation is 1. The highest BCUT2D eigenvalue weighted by molar-refractivity contribution is 14.1. The summed E-state index contributed by atoms with van der Waals surface area (Å²) in [6.45, 7) is 1.95. The molecule has 0 atom stereocenters. The Balaban J connectivity index is 2.07. The van der Waals surface area contributed by atoms with Gasteiger partial charge in [-0.2, -0.15) is 0 Å². The first-order valence-electron chi connectivity index (χ1n) is 6.68. The molecule has 118 valence electrons. The summed E-state index contributed by atoms with van der Waals surface area (Å²) in [7, 11) is -3.30. The lowest BCUT2D eigenvalue weighted by molar-refractivity contribution is 0.601. The monoisotopic (exact) mass is 440 g/mol. The maximum Gasteiger partial charge on any atom is 0.177 e. The molecule has 0 saturated carbocycles. The summed E-state index contributed by atoms with van der Waals surface area (Å²) < 4.78 is 24.2. The SMILES string of the molecule is Cc1[nH]c(-c2cc(-c3cncc(S(C)(=O)=O)c3)ccn2)nc1I. The van der Waals surface area contributed by atoms with Gasteiger partial charge in [0.1, 0.15) is 9.39 Å². The molecule has 0 aromatic carbocycles. The van der Waals surface area contributed by atoms with E-state index in [0.717, 1.165) is 20.5 Å². The highest BCUT2D eigenvalue weighted by atomic mass is 127. The number of halogens is 1. The first-order chi connectivity index (χ1) is 10.8. The van der Waals surface area contributed by atoms with E-state index in [0.29, 0.717) is 11.5 Å². The van der Waals surface area contributed by atoms with E-state index in [1.807, 2.05) is 19.1 Å². The van der Waals surface area contributed by atoms with Gasteiger partial charge in [0, 0.05) is 36.1 Å². The zero-order chi connectivity index (χ0) is 16.6. The van der Waals surface area contributed by atoms with E-state index < -0.39 is 9.84 Å². The molecule has 3 aromatic heterocycles. The number of rotatable bonds is 3.